The minimum absolute atomic E-state index is 0.00824. The van der Waals surface area contributed by atoms with E-state index in [4.69, 9.17) is 5.11 Å². The fraction of sp³-hybridized carbons (Fsp3) is 0.0769. The van der Waals surface area contributed by atoms with Crippen molar-refractivity contribution in [3.05, 3.63) is 47.7 Å². The Morgan fingerprint density at radius 1 is 1.26 bits per heavy atom. The summed E-state index contributed by atoms with van der Waals surface area (Å²) in [6, 6.07) is 6.34. The van der Waals surface area contributed by atoms with Crippen molar-refractivity contribution in [2.24, 2.45) is 0 Å². The van der Waals surface area contributed by atoms with Gasteiger partial charge in [-0.25, -0.2) is 13.8 Å². The molecule has 96 valence electrons. The third kappa shape index (κ3) is 1.86. The van der Waals surface area contributed by atoms with Crippen LogP contribution in [0.3, 0.4) is 0 Å². The first kappa shape index (κ1) is 11.7. The molecule has 0 amide bonds. The van der Waals surface area contributed by atoms with Crippen molar-refractivity contribution in [1.82, 2.24) is 15.0 Å². The van der Waals surface area contributed by atoms with Crippen LogP contribution in [0, 0.1) is 11.6 Å². The molecule has 1 aromatic carbocycles. The molecule has 0 atom stereocenters. The maximum absolute atomic E-state index is 14.0. The number of halogens is 2. The van der Waals surface area contributed by atoms with Gasteiger partial charge < -0.3 is 10.1 Å². The number of nitrogens with one attached hydrogen (secondary N) is 1. The number of hydrogen-bond acceptors (Lipinski definition) is 3. The number of fused-ring (bicyclic) bond motifs is 1. The van der Waals surface area contributed by atoms with Crippen molar-refractivity contribution < 1.29 is 13.9 Å². The molecule has 3 rings (SSSR count). The molecule has 0 aliphatic carbocycles. The van der Waals surface area contributed by atoms with Crippen LogP contribution in [0.2, 0.25) is 0 Å². The van der Waals surface area contributed by atoms with E-state index < -0.39 is 18.2 Å². The molecule has 0 unspecified atom stereocenters. The second-order valence-corrected chi connectivity index (χ2v) is 4.01. The molecule has 0 radical (unpaired) electrons. The SMILES string of the molecule is OCc1c(F)cc2[nH]c(-c3ccccn3)nc2c1F. The average molecular weight is 261 g/mol. The van der Waals surface area contributed by atoms with E-state index in [9.17, 15) is 8.78 Å². The highest BCUT2D eigenvalue weighted by molar-refractivity contribution is 5.80. The molecule has 19 heavy (non-hydrogen) atoms. The highest BCUT2D eigenvalue weighted by Crippen LogP contribution is 2.25. The molecule has 0 saturated carbocycles. The summed E-state index contributed by atoms with van der Waals surface area (Å²) in [6.07, 6.45) is 1.58. The molecule has 0 spiro atoms. The molecule has 3 aromatic rings. The van der Waals surface area contributed by atoms with Crippen LogP contribution in [0.4, 0.5) is 8.78 Å². The molecular weight excluding hydrogens is 252 g/mol. The lowest BCUT2D eigenvalue weighted by Crippen LogP contribution is -1.96. The highest BCUT2D eigenvalue weighted by Gasteiger charge is 2.17. The van der Waals surface area contributed by atoms with Crippen molar-refractivity contribution in [3.8, 4) is 11.5 Å². The summed E-state index contributed by atoms with van der Waals surface area (Å²) in [6.45, 7) is -0.709. The van der Waals surface area contributed by atoms with E-state index >= 15 is 0 Å². The second-order valence-electron chi connectivity index (χ2n) is 4.01. The standard InChI is InChI=1S/C13H9F2N3O/c14-8-5-10-12(11(15)7(8)6-19)18-13(17-10)9-3-1-2-4-16-9/h1-5,19H,6H2,(H,17,18). The molecule has 0 aliphatic heterocycles. The van der Waals surface area contributed by atoms with E-state index in [1.54, 1.807) is 24.4 Å². The monoisotopic (exact) mass is 261 g/mol. The lowest BCUT2D eigenvalue weighted by Gasteiger charge is -2.00. The van der Waals surface area contributed by atoms with Crippen LogP contribution in [-0.4, -0.2) is 20.1 Å². The Morgan fingerprint density at radius 2 is 2.11 bits per heavy atom. The quantitative estimate of drug-likeness (QED) is 0.744. The van der Waals surface area contributed by atoms with Gasteiger partial charge in [0.05, 0.1) is 17.7 Å². The predicted octanol–water partition coefficient (Wildman–Crippen LogP) is 2.40. The van der Waals surface area contributed by atoms with E-state index in [1.807, 2.05) is 0 Å². The minimum atomic E-state index is -0.851. The number of aromatic nitrogens is 3. The number of hydrogen-bond donors (Lipinski definition) is 2. The Morgan fingerprint density at radius 3 is 2.79 bits per heavy atom. The summed E-state index contributed by atoms with van der Waals surface area (Å²) >= 11 is 0. The third-order valence-electron chi connectivity index (χ3n) is 2.83. The van der Waals surface area contributed by atoms with Gasteiger partial charge in [-0.1, -0.05) is 6.07 Å². The normalized spacial score (nSPS) is 11.1. The Bertz CT molecular complexity index is 740. The van der Waals surface area contributed by atoms with Crippen LogP contribution in [-0.2, 0) is 6.61 Å². The van der Waals surface area contributed by atoms with Crippen LogP contribution in [0.1, 0.15) is 5.56 Å². The van der Waals surface area contributed by atoms with E-state index in [2.05, 4.69) is 15.0 Å². The molecule has 2 aromatic heterocycles. The van der Waals surface area contributed by atoms with Gasteiger partial charge in [-0.05, 0) is 12.1 Å². The van der Waals surface area contributed by atoms with Gasteiger partial charge in [0.1, 0.15) is 17.0 Å². The Labute approximate surface area is 106 Å². The molecule has 0 bridgehead atoms. The van der Waals surface area contributed by atoms with Gasteiger partial charge in [-0.3, -0.25) is 4.98 Å². The van der Waals surface area contributed by atoms with Crippen LogP contribution in [0.5, 0.6) is 0 Å². The van der Waals surface area contributed by atoms with Gasteiger partial charge in [-0.2, -0.15) is 0 Å². The van der Waals surface area contributed by atoms with Gasteiger partial charge in [-0.15, -0.1) is 0 Å². The van der Waals surface area contributed by atoms with Crippen LogP contribution < -0.4 is 0 Å². The van der Waals surface area contributed by atoms with E-state index in [-0.39, 0.29) is 16.6 Å². The number of nitrogens with zero attached hydrogens (tertiary/aromatic N) is 2. The van der Waals surface area contributed by atoms with E-state index in [1.165, 1.54) is 0 Å². The number of benzene rings is 1. The molecule has 0 aliphatic rings. The van der Waals surface area contributed by atoms with Crippen molar-refractivity contribution in [2.45, 2.75) is 6.61 Å². The summed E-state index contributed by atoms with van der Waals surface area (Å²) < 4.78 is 27.5. The average Bonchev–Trinajstić information content (AvgIpc) is 2.84. The summed E-state index contributed by atoms with van der Waals surface area (Å²) in [7, 11) is 0. The van der Waals surface area contributed by atoms with Crippen LogP contribution in [0.25, 0.3) is 22.6 Å². The van der Waals surface area contributed by atoms with Crippen molar-refractivity contribution >= 4 is 11.0 Å². The fourth-order valence-corrected chi connectivity index (χ4v) is 1.89. The first-order valence-corrected chi connectivity index (χ1v) is 5.59. The summed E-state index contributed by atoms with van der Waals surface area (Å²) in [5.74, 6) is -1.30. The third-order valence-corrected chi connectivity index (χ3v) is 2.83. The summed E-state index contributed by atoms with van der Waals surface area (Å²) in [5, 5.41) is 8.95. The zero-order valence-electron chi connectivity index (χ0n) is 9.69. The first-order chi connectivity index (χ1) is 9.20. The maximum atomic E-state index is 14.0. The van der Waals surface area contributed by atoms with Crippen LogP contribution >= 0.6 is 0 Å². The molecule has 4 nitrogen and oxygen atoms in total. The molecule has 2 heterocycles. The highest BCUT2D eigenvalue weighted by atomic mass is 19.1. The van der Waals surface area contributed by atoms with Crippen molar-refractivity contribution in [3.63, 3.8) is 0 Å². The number of H-pyrrole nitrogens is 1. The second kappa shape index (κ2) is 4.40. The number of imidazole rings is 1. The zero-order chi connectivity index (χ0) is 13.4. The summed E-state index contributed by atoms with van der Waals surface area (Å²) in [4.78, 5) is 11.0. The number of aromatic amines is 1. The summed E-state index contributed by atoms with van der Waals surface area (Å²) in [5.41, 5.74) is 0.370. The van der Waals surface area contributed by atoms with E-state index in [0.717, 1.165) is 6.07 Å². The number of pyridine rings is 1. The first-order valence-electron chi connectivity index (χ1n) is 5.59. The largest absolute Gasteiger partial charge is 0.391 e. The van der Waals surface area contributed by atoms with Gasteiger partial charge in [0.25, 0.3) is 0 Å². The molecular formula is C13H9F2N3O. The molecule has 0 fully saturated rings. The Hall–Kier alpha value is -2.34. The van der Waals surface area contributed by atoms with Crippen molar-refractivity contribution in [2.75, 3.05) is 0 Å². The maximum Gasteiger partial charge on any atom is 0.159 e. The lowest BCUT2D eigenvalue weighted by molar-refractivity contribution is 0.269. The molecule has 2 N–H and O–H groups in total. The Balaban J connectivity index is 2.24. The van der Waals surface area contributed by atoms with Crippen molar-refractivity contribution in [1.29, 1.82) is 0 Å². The van der Waals surface area contributed by atoms with Gasteiger partial charge >= 0.3 is 0 Å². The van der Waals surface area contributed by atoms with Gasteiger partial charge in [0.15, 0.2) is 11.6 Å². The van der Waals surface area contributed by atoms with Crippen LogP contribution in [0.15, 0.2) is 30.5 Å². The minimum Gasteiger partial charge on any atom is -0.391 e. The van der Waals surface area contributed by atoms with Gasteiger partial charge in [0, 0.05) is 12.3 Å². The number of aliphatic hydroxyl groups is 1. The molecule has 6 heteroatoms. The van der Waals surface area contributed by atoms with E-state index in [0.29, 0.717) is 11.5 Å². The fourth-order valence-electron chi connectivity index (χ4n) is 1.89. The zero-order valence-corrected chi connectivity index (χ0v) is 9.69. The Kier molecular flexibility index (Phi) is 2.72. The van der Waals surface area contributed by atoms with Gasteiger partial charge in [0.2, 0.25) is 0 Å². The predicted molar refractivity (Wildman–Crippen MR) is 65.2 cm³/mol. The molecule has 0 saturated heterocycles. The smallest absolute Gasteiger partial charge is 0.159 e. The lowest BCUT2D eigenvalue weighted by atomic mass is 10.2. The number of rotatable bonds is 2. The topological polar surface area (TPSA) is 61.8 Å². The number of aliphatic hydroxyl groups excluding tert-OH is 1.